The molecule has 54 heavy (non-hydrogen) atoms. The molecule has 11 heteroatoms. The number of hydrogen-bond donors (Lipinski definition) is 1. The summed E-state index contributed by atoms with van der Waals surface area (Å²) in [7, 11) is 4.27. The number of benzene rings is 2. The maximum atomic E-state index is 14.9. The molecule has 0 spiro atoms. The summed E-state index contributed by atoms with van der Waals surface area (Å²) in [5, 5.41) is 5.98. The van der Waals surface area contributed by atoms with E-state index in [0.29, 0.717) is 36.7 Å². The maximum absolute atomic E-state index is 14.9. The van der Waals surface area contributed by atoms with Crippen LogP contribution < -0.4 is 9.46 Å². The summed E-state index contributed by atoms with van der Waals surface area (Å²) < 4.78 is 25.5. The Labute approximate surface area is 322 Å². The van der Waals surface area contributed by atoms with Crippen molar-refractivity contribution >= 4 is 45.4 Å². The number of aryl methyl sites for hydroxylation is 1. The Balaban J connectivity index is 1.47. The molecule has 2 aromatic heterocycles. The Bertz CT molecular complexity index is 2140. The lowest BCUT2D eigenvalue weighted by Gasteiger charge is -2.42. The molecule has 4 aromatic rings. The summed E-state index contributed by atoms with van der Waals surface area (Å²) in [5.41, 5.74) is 9.21. The minimum atomic E-state index is -1.50. The van der Waals surface area contributed by atoms with E-state index >= 15 is 0 Å². The Morgan fingerprint density at radius 3 is 2.30 bits per heavy atom. The van der Waals surface area contributed by atoms with Crippen molar-refractivity contribution in [3.63, 3.8) is 0 Å². The molecule has 288 valence electrons. The van der Waals surface area contributed by atoms with E-state index < -0.39 is 11.0 Å². The zero-order valence-corrected chi connectivity index (χ0v) is 34.2. The third-order valence-corrected chi connectivity index (χ3v) is 13.2. The normalized spacial score (nSPS) is 20.1. The van der Waals surface area contributed by atoms with Gasteiger partial charge in [-0.15, -0.1) is 0 Å². The molecule has 7 rings (SSSR count). The molecule has 0 bridgehead atoms. The molecule has 1 unspecified atom stereocenters. The molecule has 3 aliphatic rings. The topological polar surface area (TPSA) is 102 Å². The van der Waals surface area contributed by atoms with E-state index in [1.54, 1.807) is 7.11 Å². The van der Waals surface area contributed by atoms with Gasteiger partial charge in [0.15, 0.2) is 0 Å². The molecule has 2 aromatic carbocycles. The highest BCUT2D eigenvalue weighted by Crippen LogP contribution is 2.48. The highest BCUT2D eigenvalue weighted by atomic mass is 32.2. The molecule has 2 aliphatic heterocycles. The predicted molar refractivity (Wildman–Crippen MR) is 218 cm³/mol. The average molecular weight is 753 g/mol. The number of hydrogen-bond acceptors (Lipinski definition) is 6. The van der Waals surface area contributed by atoms with Crippen LogP contribution in [0.25, 0.3) is 33.8 Å². The second kappa shape index (κ2) is 15.1. The Morgan fingerprint density at radius 2 is 1.65 bits per heavy atom. The fourth-order valence-electron chi connectivity index (χ4n) is 8.85. The zero-order chi connectivity index (χ0) is 38.6. The quantitative estimate of drug-likeness (QED) is 0.198. The van der Waals surface area contributed by atoms with Crippen LogP contribution in [0.4, 0.5) is 0 Å². The molecular weight excluding hydrogens is 697 g/mol. The van der Waals surface area contributed by atoms with Gasteiger partial charge in [0.05, 0.1) is 36.3 Å². The van der Waals surface area contributed by atoms with Gasteiger partial charge < -0.3 is 14.2 Å². The number of amides is 2. The minimum absolute atomic E-state index is 0.0159. The molecular formula is C43H56N6O4S. The first kappa shape index (κ1) is 38.1. The van der Waals surface area contributed by atoms with E-state index in [1.165, 1.54) is 24.8 Å². The average Bonchev–Trinajstić information content (AvgIpc) is 3.61. The Kier molecular flexibility index (Phi) is 10.7. The number of nitrogens with zero attached hydrogens (tertiary/aromatic N) is 5. The van der Waals surface area contributed by atoms with Crippen LogP contribution in [0.1, 0.15) is 129 Å². The van der Waals surface area contributed by atoms with Crippen LogP contribution in [-0.2, 0) is 24.6 Å². The molecule has 1 N–H and O–H groups in total. The van der Waals surface area contributed by atoms with Gasteiger partial charge in [-0.1, -0.05) is 39.2 Å². The summed E-state index contributed by atoms with van der Waals surface area (Å²) in [5.74, 6) is 0.815. The number of piperazine rings is 1. The lowest BCUT2D eigenvalue weighted by molar-refractivity contribution is 0.0412. The third kappa shape index (κ3) is 6.82. The standard InChI is InChI=1S/C43H56N6O4S/c1-25(2)39-38(43(51)48-22-27(5)46(7)28(6)23-48)40(47(8)44-39)32-19-31-20-33(53-9)16-18-34(31)41-37(29-13-11-10-12-14-29)35-17-15-30(21-36(35)49(41)24-32)42(50)45-54(52)26(3)4/h15-21,25-29H,10-14,22-24H2,1-9H3,(H,45,50)/t27-,28+,54?. The molecule has 3 atom stereocenters. The predicted octanol–water partition coefficient (Wildman–Crippen LogP) is 7.74. The van der Waals surface area contributed by atoms with Gasteiger partial charge in [0.1, 0.15) is 16.7 Å². The summed E-state index contributed by atoms with van der Waals surface area (Å²) in [6, 6.07) is 12.7. The van der Waals surface area contributed by atoms with Gasteiger partial charge in [0.2, 0.25) is 0 Å². The molecule has 2 amide bonds. The van der Waals surface area contributed by atoms with Crippen molar-refractivity contribution in [2.45, 2.75) is 109 Å². The van der Waals surface area contributed by atoms with Gasteiger partial charge in [0.25, 0.3) is 11.8 Å². The van der Waals surface area contributed by atoms with E-state index in [1.807, 2.05) is 48.7 Å². The second-order valence-corrected chi connectivity index (χ2v) is 18.0. The van der Waals surface area contributed by atoms with Crippen molar-refractivity contribution in [3.8, 4) is 17.0 Å². The number of aromatic nitrogens is 3. The van der Waals surface area contributed by atoms with Crippen LogP contribution in [0.2, 0.25) is 0 Å². The molecule has 2 fully saturated rings. The van der Waals surface area contributed by atoms with Crippen molar-refractivity contribution in [3.05, 3.63) is 70.0 Å². The first-order valence-corrected chi connectivity index (χ1v) is 20.8. The number of allylic oxidation sites excluding steroid dienone is 1. The van der Waals surface area contributed by atoms with E-state index in [-0.39, 0.29) is 35.1 Å². The van der Waals surface area contributed by atoms with Crippen LogP contribution in [0.3, 0.4) is 0 Å². The number of methoxy groups -OCH3 is 1. The highest BCUT2D eigenvalue weighted by Gasteiger charge is 2.36. The fraction of sp³-hybridized carbons (Fsp3) is 0.512. The summed E-state index contributed by atoms with van der Waals surface area (Å²) in [6.07, 6.45) is 8.03. The van der Waals surface area contributed by atoms with Crippen molar-refractivity contribution in [2.24, 2.45) is 7.05 Å². The van der Waals surface area contributed by atoms with E-state index in [2.05, 4.69) is 73.2 Å². The SMILES string of the molecule is COc1ccc2c(c1)C=C(c1c(C(=O)N3C[C@@H](C)N(C)[C@@H](C)C3)c(C(C)C)nn1C)Cn1c-2c(C2CCCCC2)c2ccc(C(=O)NS(=O)C(C)C)cc21. The lowest BCUT2D eigenvalue weighted by atomic mass is 9.81. The van der Waals surface area contributed by atoms with Gasteiger partial charge in [-0.25, -0.2) is 4.21 Å². The lowest BCUT2D eigenvalue weighted by Crippen LogP contribution is -2.56. The number of nitrogens with one attached hydrogen (secondary N) is 1. The Morgan fingerprint density at radius 1 is 0.944 bits per heavy atom. The monoisotopic (exact) mass is 752 g/mol. The molecule has 1 saturated heterocycles. The van der Waals surface area contributed by atoms with Gasteiger partial charge in [-0.2, -0.15) is 5.10 Å². The number of fused-ring (bicyclic) bond motifs is 5. The summed E-state index contributed by atoms with van der Waals surface area (Å²) in [6.45, 7) is 14.0. The van der Waals surface area contributed by atoms with Crippen LogP contribution in [0, 0.1) is 0 Å². The minimum Gasteiger partial charge on any atom is -0.497 e. The van der Waals surface area contributed by atoms with Gasteiger partial charge in [-0.05, 0) is 113 Å². The molecule has 0 radical (unpaired) electrons. The number of carbonyl (C=O) groups excluding carboxylic acids is 2. The molecule has 1 aliphatic carbocycles. The van der Waals surface area contributed by atoms with Crippen molar-refractivity contribution in [1.29, 1.82) is 0 Å². The van der Waals surface area contributed by atoms with E-state index in [4.69, 9.17) is 9.84 Å². The first-order chi connectivity index (χ1) is 25.8. The molecule has 1 saturated carbocycles. The second-order valence-electron chi connectivity index (χ2n) is 16.3. The van der Waals surface area contributed by atoms with Crippen LogP contribution in [0.15, 0.2) is 36.4 Å². The van der Waals surface area contributed by atoms with Gasteiger partial charge in [0, 0.05) is 59.5 Å². The summed E-state index contributed by atoms with van der Waals surface area (Å²) in [4.78, 5) is 32.8. The van der Waals surface area contributed by atoms with E-state index in [9.17, 15) is 13.8 Å². The third-order valence-electron chi connectivity index (χ3n) is 12.0. The molecule has 4 heterocycles. The van der Waals surface area contributed by atoms with Crippen molar-refractivity contribution < 1.29 is 18.5 Å². The zero-order valence-electron chi connectivity index (χ0n) is 33.4. The number of ether oxygens (including phenoxy) is 1. The van der Waals surface area contributed by atoms with Crippen LogP contribution >= 0.6 is 0 Å². The number of carbonyl (C=O) groups is 2. The van der Waals surface area contributed by atoms with Gasteiger partial charge in [-0.3, -0.25) is 23.9 Å². The van der Waals surface area contributed by atoms with Crippen molar-refractivity contribution in [1.82, 2.24) is 28.9 Å². The maximum Gasteiger partial charge on any atom is 0.263 e. The largest absolute Gasteiger partial charge is 0.497 e. The number of likely N-dealkylation sites (N-methyl/N-ethyl adjacent to an activating group) is 1. The first-order valence-electron chi connectivity index (χ1n) is 19.6. The summed E-state index contributed by atoms with van der Waals surface area (Å²) >= 11 is 0. The van der Waals surface area contributed by atoms with Crippen LogP contribution in [-0.4, -0.2) is 84.8 Å². The molecule has 10 nitrogen and oxygen atoms in total. The Hall–Kier alpha value is -4.22. The smallest absolute Gasteiger partial charge is 0.263 e. The number of rotatable bonds is 8. The van der Waals surface area contributed by atoms with Gasteiger partial charge >= 0.3 is 0 Å². The van der Waals surface area contributed by atoms with Crippen molar-refractivity contribution in [2.75, 3.05) is 27.2 Å². The highest BCUT2D eigenvalue weighted by molar-refractivity contribution is 7.84. The van der Waals surface area contributed by atoms with E-state index in [0.717, 1.165) is 63.3 Å². The van der Waals surface area contributed by atoms with Crippen LogP contribution in [0.5, 0.6) is 5.75 Å². The fourth-order valence-corrected chi connectivity index (χ4v) is 9.39.